The molecule has 20 heteroatoms. The van der Waals surface area contributed by atoms with Gasteiger partial charge in [0.1, 0.15) is 0 Å². The summed E-state index contributed by atoms with van der Waals surface area (Å²) in [5, 5.41) is 8.50. The van der Waals surface area contributed by atoms with Gasteiger partial charge in [-0.1, -0.05) is 0 Å². The minimum Gasteiger partial charge on any atom is -0.481 e. The van der Waals surface area contributed by atoms with Gasteiger partial charge in [0.25, 0.3) is 0 Å². The van der Waals surface area contributed by atoms with E-state index in [-0.39, 0.29) is 30.3 Å². The fraction of sp³-hybridized carbons (Fsp3) is 0.947. The van der Waals surface area contributed by atoms with E-state index in [2.05, 4.69) is 0 Å². The van der Waals surface area contributed by atoms with Crippen LogP contribution in [0.1, 0.15) is 38.5 Å². The molecule has 0 aliphatic carbocycles. The normalized spacial score (nSPS) is 15.6. The van der Waals surface area contributed by atoms with E-state index in [0.717, 1.165) is 0 Å². The number of alkyl halides is 17. The van der Waals surface area contributed by atoms with Gasteiger partial charge in [0, 0.05) is 19.3 Å². The molecule has 0 amide bonds. The minimum atomic E-state index is -8.62. The quantitative estimate of drug-likeness (QED) is 0.110. The number of unbranched alkanes of at least 4 members (excludes halogenated alkanes) is 2. The summed E-state index contributed by atoms with van der Waals surface area (Å²) in [4.78, 5) is 10.4. The highest BCUT2D eigenvalue weighted by atomic mass is 19.4. The zero-order chi connectivity index (χ0) is 31.7. The van der Waals surface area contributed by atoms with Crippen LogP contribution >= 0.6 is 0 Å². The minimum absolute atomic E-state index is 0.0739. The number of rotatable bonds is 16. The van der Waals surface area contributed by atoms with Crippen molar-refractivity contribution < 1.29 is 89.0 Å². The van der Waals surface area contributed by atoms with Gasteiger partial charge in [0.2, 0.25) is 0 Å². The molecule has 0 bridgehead atoms. The molecule has 0 rings (SSSR count). The topological polar surface area (TPSA) is 37.3 Å². The van der Waals surface area contributed by atoms with Crippen molar-refractivity contribution in [2.75, 3.05) is 27.2 Å². The second kappa shape index (κ2) is 11.3. The molecule has 0 radical (unpaired) electrons. The maximum atomic E-state index is 14.0. The fourth-order valence-electron chi connectivity index (χ4n) is 3.19. The first-order valence-corrected chi connectivity index (χ1v) is 10.6. The van der Waals surface area contributed by atoms with Crippen LogP contribution in [0.4, 0.5) is 74.6 Å². The standard InChI is InChI=1S/C19H22F17NO2/c1-37(2,9-5-3-4-7-11(38)39)10-6-8-12(20,21)13(22,23)14(24,25)15(26,27)16(28,29)17(30,31)18(32,33)19(34,35)36/h3-10H2,1-2H3/p+1. The molecule has 0 heterocycles. The zero-order valence-corrected chi connectivity index (χ0v) is 19.9. The molecule has 0 aliphatic heterocycles. The van der Waals surface area contributed by atoms with Gasteiger partial charge < -0.3 is 9.59 Å². The van der Waals surface area contributed by atoms with Crippen LogP contribution < -0.4 is 0 Å². The molecule has 0 aromatic carbocycles. The predicted octanol–water partition coefficient (Wildman–Crippen LogP) is 7.50. The third-order valence-electron chi connectivity index (χ3n) is 5.70. The fourth-order valence-corrected chi connectivity index (χ4v) is 3.19. The van der Waals surface area contributed by atoms with Crippen molar-refractivity contribution in [3.8, 4) is 0 Å². The van der Waals surface area contributed by atoms with Gasteiger partial charge in [0.15, 0.2) is 0 Å². The van der Waals surface area contributed by atoms with Crippen LogP contribution in [0.5, 0.6) is 0 Å². The highest BCUT2D eigenvalue weighted by Gasteiger charge is 2.95. The number of nitrogens with zero attached hydrogens (tertiary/aromatic N) is 1. The monoisotopic (exact) mass is 620 g/mol. The summed E-state index contributed by atoms with van der Waals surface area (Å²) in [5.41, 5.74) is 0. The number of quaternary nitrogens is 1. The third kappa shape index (κ3) is 6.94. The highest BCUT2D eigenvalue weighted by molar-refractivity contribution is 5.66. The Labute approximate surface area is 209 Å². The molecule has 0 spiro atoms. The molecule has 0 atom stereocenters. The van der Waals surface area contributed by atoms with Gasteiger partial charge in [-0.15, -0.1) is 0 Å². The first-order valence-electron chi connectivity index (χ1n) is 10.6. The molecule has 234 valence electrons. The van der Waals surface area contributed by atoms with Crippen LogP contribution in [-0.2, 0) is 4.79 Å². The molecule has 1 N–H and O–H groups in total. The molecule has 39 heavy (non-hydrogen) atoms. The van der Waals surface area contributed by atoms with Gasteiger partial charge >= 0.3 is 53.6 Å². The SMILES string of the molecule is C[N+](C)(CCCCCC(=O)O)CCCC(F)(F)C(F)(F)C(F)(F)C(F)(F)C(F)(F)C(F)(F)C(F)(F)C(F)(F)F. The van der Waals surface area contributed by atoms with Crippen LogP contribution in [0.15, 0.2) is 0 Å². The van der Waals surface area contributed by atoms with E-state index in [1.165, 1.54) is 14.1 Å². The van der Waals surface area contributed by atoms with Crippen molar-refractivity contribution in [2.24, 2.45) is 0 Å². The zero-order valence-electron chi connectivity index (χ0n) is 19.9. The van der Waals surface area contributed by atoms with Crippen molar-refractivity contribution in [3.05, 3.63) is 0 Å². The van der Waals surface area contributed by atoms with E-state index in [0.29, 0.717) is 6.42 Å². The van der Waals surface area contributed by atoms with E-state index in [4.69, 9.17) is 5.11 Å². The van der Waals surface area contributed by atoms with Gasteiger partial charge in [-0.3, -0.25) is 4.79 Å². The Morgan fingerprint density at radius 2 is 0.897 bits per heavy atom. The summed E-state index contributed by atoms with van der Waals surface area (Å²) in [5.74, 6) is -57.3. The third-order valence-corrected chi connectivity index (χ3v) is 5.70. The van der Waals surface area contributed by atoms with Crippen molar-refractivity contribution >= 4 is 5.97 Å². The number of carboxylic acid groups (broad SMARTS) is 1. The number of hydrogen-bond donors (Lipinski definition) is 1. The average Bonchev–Trinajstić information content (AvgIpc) is 2.71. The van der Waals surface area contributed by atoms with Crippen LogP contribution in [0.25, 0.3) is 0 Å². The summed E-state index contributed by atoms with van der Waals surface area (Å²) in [6, 6.07) is 0. The highest BCUT2D eigenvalue weighted by Crippen LogP contribution is 2.64. The number of carbonyl (C=O) groups is 1. The lowest BCUT2D eigenvalue weighted by Crippen LogP contribution is -2.74. The maximum Gasteiger partial charge on any atom is 0.460 e. The van der Waals surface area contributed by atoms with Crippen molar-refractivity contribution in [1.82, 2.24) is 0 Å². The Balaban J connectivity index is 5.85. The van der Waals surface area contributed by atoms with E-state index in [9.17, 15) is 79.4 Å². The van der Waals surface area contributed by atoms with E-state index < -0.39 is 73.0 Å². The summed E-state index contributed by atoms with van der Waals surface area (Å²) in [6.07, 6.45) is -10.9. The molecule has 0 aromatic rings. The molecular formula is C19H23F17NO2+. The van der Waals surface area contributed by atoms with Crippen LogP contribution in [0, 0.1) is 0 Å². The molecule has 0 saturated heterocycles. The van der Waals surface area contributed by atoms with Crippen molar-refractivity contribution in [1.29, 1.82) is 0 Å². The summed E-state index contributed by atoms with van der Waals surface area (Å²) in [6.45, 7) is -0.497. The second-order valence-electron chi connectivity index (χ2n) is 9.34. The Kier molecular flexibility index (Phi) is 10.7. The molecule has 0 fully saturated rings. The smallest absolute Gasteiger partial charge is 0.460 e. The summed E-state index contributed by atoms with van der Waals surface area (Å²) >= 11 is 0. The lowest BCUT2D eigenvalue weighted by molar-refractivity contribution is -0.890. The molecule has 0 saturated carbocycles. The van der Waals surface area contributed by atoms with Crippen LogP contribution in [0.2, 0.25) is 0 Å². The van der Waals surface area contributed by atoms with E-state index in [1.807, 2.05) is 0 Å². The maximum absolute atomic E-state index is 14.0. The van der Waals surface area contributed by atoms with Crippen LogP contribution in [-0.4, -0.2) is 90.4 Å². The van der Waals surface area contributed by atoms with E-state index >= 15 is 0 Å². The molecular weight excluding hydrogens is 597 g/mol. The van der Waals surface area contributed by atoms with Crippen molar-refractivity contribution in [2.45, 2.75) is 86.2 Å². The molecule has 0 unspecified atom stereocenters. The number of halogens is 17. The molecule has 3 nitrogen and oxygen atoms in total. The Bertz CT molecular complexity index is 836. The number of hydrogen-bond acceptors (Lipinski definition) is 1. The largest absolute Gasteiger partial charge is 0.481 e. The number of aliphatic carboxylic acids is 1. The van der Waals surface area contributed by atoms with Gasteiger partial charge in [0.05, 0.1) is 27.2 Å². The Morgan fingerprint density at radius 3 is 1.28 bits per heavy atom. The summed E-state index contributed by atoms with van der Waals surface area (Å²) < 4.78 is 225. The van der Waals surface area contributed by atoms with Gasteiger partial charge in [-0.25, -0.2) is 0 Å². The lowest BCUT2D eigenvalue weighted by atomic mass is 9.88. The van der Waals surface area contributed by atoms with Crippen molar-refractivity contribution in [3.63, 3.8) is 0 Å². The van der Waals surface area contributed by atoms with E-state index in [1.54, 1.807) is 0 Å². The Hall–Kier alpha value is -1.76. The van der Waals surface area contributed by atoms with Crippen LogP contribution in [0.3, 0.4) is 0 Å². The lowest BCUT2D eigenvalue weighted by Gasteiger charge is -2.43. The van der Waals surface area contributed by atoms with Gasteiger partial charge in [-0.05, 0) is 19.3 Å². The Morgan fingerprint density at radius 1 is 0.538 bits per heavy atom. The first-order chi connectivity index (χ1) is 16.9. The molecule has 0 aromatic heterocycles. The van der Waals surface area contributed by atoms with Gasteiger partial charge in [-0.2, -0.15) is 74.6 Å². The predicted molar refractivity (Wildman–Crippen MR) is 97.9 cm³/mol. The molecule has 0 aliphatic rings. The average molecular weight is 620 g/mol. The summed E-state index contributed by atoms with van der Waals surface area (Å²) in [7, 11) is 2.58. The second-order valence-corrected chi connectivity index (χ2v) is 9.34. The first kappa shape index (κ1) is 37.2. The number of carboxylic acids is 1.